The summed E-state index contributed by atoms with van der Waals surface area (Å²) in [5.41, 5.74) is 0. The molecule has 0 radical (unpaired) electrons. The van der Waals surface area contributed by atoms with E-state index >= 15 is 0 Å². The zero-order valence-corrected chi connectivity index (χ0v) is 12.9. The van der Waals surface area contributed by atoms with Crippen LogP contribution in [0.2, 0.25) is 0 Å². The Morgan fingerprint density at radius 1 is 1.30 bits per heavy atom. The number of piperazine rings is 1. The zero-order chi connectivity index (χ0) is 15.1. The van der Waals surface area contributed by atoms with Gasteiger partial charge in [-0.25, -0.2) is 8.42 Å². The van der Waals surface area contributed by atoms with E-state index in [1.807, 2.05) is 0 Å². The third-order valence-corrected chi connectivity index (χ3v) is 6.21. The Morgan fingerprint density at radius 3 is 2.40 bits per heavy atom. The largest absolute Gasteiger partial charge is 0.343 e. The quantitative estimate of drug-likeness (QED) is 0.771. The number of hydrogen-bond donors (Lipinski definition) is 1. The number of amides is 2. The van der Waals surface area contributed by atoms with E-state index < -0.39 is 27.2 Å². The molecular weight excluding hydrogens is 280 g/mol. The second-order valence-corrected chi connectivity index (χ2v) is 8.64. The van der Waals surface area contributed by atoms with Gasteiger partial charge in [0.1, 0.15) is 12.1 Å². The summed E-state index contributed by atoms with van der Waals surface area (Å²) in [7, 11) is -3.21. The molecule has 2 aliphatic rings. The lowest BCUT2D eigenvalue weighted by Crippen LogP contribution is -2.63. The summed E-state index contributed by atoms with van der Waals surface area (Å²) in [5.74, 6) is -0.227. The van der Waals surface area contributed by atoms with Crippen molar-refractivity contribution in [3.63, 3.8) is 0 Å². The second-order valence-electron chi connectivity index (χ2n) is 5.96. The summed E-state index contributed by atoms with van der Waals surface area (Å²) in [6, 6.07) is -1.06. The molecule has 114 valence electrons. The summed E-state index contributed by atoms with van der Waals surface area (Å²) in [6.45, 7) is 4.99. The monoisotopic (exact) mass is 302 g/mol. The van der Waals surface area contributed by atoms with Crippen LogP contribution < -0.4 is 5.32 Å². The normalized spacial score (nSPS) is 27.9. The number of hydrogen-bond acceptors (Lipinski definition) is 4. The van der Waals surface area contributed by atoms with Gasteiger partial charge in [-0.2, -0.15) is 0 Å². The van der Waals surface area contributed by atoms with Gasteiger partial charge in [0.05, 0.1) is 11.0 Å². The van der Waals surface area contributed by atoms with Crippen LogP contribution >= 0.6 is 0 Å². The van der Waals surface area contributed by atoms with Crippen molar-refractivity contribution >= 4 is 21.7 Å². The fraction of sp³-hybridized carbons (Fsp3) is 0.846. The Hall–Kier alpha value is -1.11. The van der Waals surface area contributed by atoms with Gasteiger partial charge in [-0.1, -0.05) is 0 Å². The highest BCUT2D eigenvalue weighted by Crippen LogP contribution is 2.36. The zero-order valence-electron chi connectivity index (χ0n) is 12.1. The fourth-order valence-electron chi connectivity index (χ4n) is 2.48. The van der Waals surface area contributed by atoms with Gasteiger partial charge >= 0.3 is 0 Å². The first-order valence-electron chi connectivity index (χ1n) is 7.06. The lowest BCUT2D eigenvalue weighted by Gasteiger charge is -2.38. The Morgan fingerprint density at radius 2 is 1.90 bits per heavy atom. The molecule has 2 amide bonds. The Bertz CT molecular complexity index is 510. The van der Waals surface area contributed by atoms with Crippen molar-refractivity contribution < 1.29 is 18.0 Å². The molecule has 7 heteroatoms. The van der Waals surface area contributed by atoms with E-state index in [2.05, 4.69) is 5.32 Å². The summed E-state index contributed by atoms with van der Waals surface area (Å²) < 4.78 is 23.8. The average Bonchev–Trinajstić information content (AvgIpc) is 3.15. The van der Waals surface area contributed by atoms with Crippen molar-refractivity contribution in [1.82, 2.24) is 10.2 Å². The van der Waals surface area contributed by atoms with Crippen molar-refractivity contribution in [2.45, 2.75) is 50.9 Å². The van der Waals surface area contributed by atoms with Crippen LogP contribution in [0.5, 0.6) is 0 Å². The molecule has 2 fully saturated rings. The lowest BCUT2D eigenvalue weighted by atomic mass is 10.0. The van der Waals surface area contributed by atoms with Crippen molar-refractivity contribution in [2.24, 2.45) is 5.92 Å². The molecule has 1 heterocycles. The van der Waals surface area contributed by atoms with Crippen LogP contribution in [0.1, 0.15) is 33.6 Å². The molecule has 1 saturated heterocycles. The smallest absolute Gasteiger partial charge is 0.245 e. The maximum Gasteiger partial charge on any atom is 0.245 e. The van der Waals surface area contributed by atoms with E-state index in [4.69, 9.17) is 0 Å². The summed E-state index contributed by atoms with van der Waals surface area (Å²) in [4.78, 5) is 25.7. The van der Waals surface area contributed by atoms with Crippen LogP contribution in [0.15, 0.2) is 0 Å². The molecule has 2 unspecified atom stereocenters. The molecule has 0 aromatic carbocycles. The lowest BCUT2D eigenvalue weighted by molar-refractivity contribution is -0.149. The second kappa shape index (κ2) is 5.35. The van der Waals surface area contributed by atoms with Crippen LogP contribution in [0, 0.1) is 5.92 Å². The molecule has 2 rings (SSSR count). The predicted molar refractivity (Wildman–Crippen MR) is 74.8 cm³/mol. The highest BCUT2D eigenvalue weighted by Gasteiger charge is 2.46. The molecule has 1 N–H and O–H groups in total. The van der Waals surface area contributed by atoms with Gasteiger partial charge in [0.15, 0.2) is 9.84 Å². The molecule has 20 heavy (non-hydrogen) atoms. The van der Waals surface area contributed by atoms with Crippen molar-refractivity contribution in [3.8, 4) is 0 Å². The fourth-order valence-corrected chi connectivity index (χ4v) is 3.40. The van der Waals surface area contributed by atoms with Gasteiger partial charge < -0.3 is 10.2 Å². The van der Waals surface area contributed by atoms with Gasteiger partial charge in [0.25, 0.3) is 0 Å². The molecular formula is C13H22N2O4S. The average molecular weight is 302 g/mol. The molecule has 0 aromatic rings. The topological polar surface area (TPSA) is 83.6 Å². The minimum absolute atomic E-state index is 0.0837. The predicted octanol–water partition coefficient (Wildman–Crippen LogP) is -0.0649. The number of carbonyl (C=O) groups is 2. The Kier molecular flexibility index (Phi) is 4.09. The van der Waals surface area contributed by atoms with E-state index in [1.54, 1.807) is 20.8 Å². The molecule has 6 nitrogen and oxygen atoms in total. The van der Waals surface area contributed by atoms with Gasteiger partial charge in [-0.15, -0.1) is 0 Å². The molecule has 1 aliphatic carbocycles. The highest BCUT2D eigenvalue weighted by atomic mass is 32.2. The van der Waals surface area contributed by atoms with E-state index in [1.165, 1.54) is 4.90 Å². The first kappa shape index (κ1) is 15.3. The summed E-state index contributed by atoms with van der Waals surface area (Å²) >= 11 is 0. The Balaban J connectivity index is 2.12. The SMILES string of the molecule is CC1NC(=O)C(C2CC2)N(CCS(=O)(=O)C(C)C)C1=O. The van der Waals surface area contributed by atoms with E-state index in [-0.39, 0.29) is 30.0 Å². The van der Waals surface area contributed by atoms with Crippen LogP contribution in [0.25, 0.3) is 0 Å². The van der Waals surface area contributed by atoms with Gasteiger partial charge in [0, 0.05) is 6.54 Å². The van der Waals surface area contributed by atoms with Crippen molar-refractivity contribution in [2.75, 3.05) is 12.3 Å². The third-order valence-electron chi connectivity index (χ3n) is 4.02. The minimum atomic E-state index is -3.21. The molecule has 1 saturated carbocycles. The highest BCUT2D eigenvalue weighted by molar-refractivity contribution is 7.92. The maximum atomic E-state index is 12.2. The van der Waals surface area contributed by atoms with Gasteiger partial charge in [-0.3, -0.25) is 9.59 Å². The maximum absolute atomic E-state index is 12.2. The molecule has 0 bridgehead atoms. The number of sulfone groups is 1. The number of nitrogens with one attached hydrogen (secondary N) is 1. The van der Waals surface area contributed by atoms with Crippen molar-refractivity contribution in [1.29, 1.82) is 0 Å². The minimum Gasteiger partial charge on any atom is -0.343 e. The van der Waals surface area contributed by atoms with Crippen LogP contribution in [-0.2, 0) is 19.4 Å². The van der Waals surface area contributed by atoms with Crippen LogP contribution in [-0.4, -0.2) is 54.8 Å². The van der Waals surface area contributed by atoms with Gasteiger partial charge in [0.2, 0.25) is 11.8 Å². The molecule has 2 atom stereocenters. The number of rotatable bonds is 5. The molecule has 1 aliphatic heterocycles. The number of nitrogens with zero attached hydrogens (tertiary/aromatic N) is 1. The first-order valence-corrected chi connectivity index (χ1v) is 8.78. The first-order chi connectivity index (χ1) is 9.24. The van der Waals surface area contributed by atoms with E-state index in [0.717, 1.165) is 12.8 Å². The molecule has 0 aromatic heterocycles. The summed E-state index contributed by atoms with van der Waals surface area (Å²) in [6.07, 6.45) is 1.85. The summed E-state index contributed by atoms with van der Waals surface area (Å²) in [5, 5.41) is 2.21. The standard InChI is InChI=1S/C13H22N2O4S/c1-8(2)20(18,19)7-6-15-11(10-4-5-10)12(16)14-9(3)13(15)17/h8-11H,4-7H2,1-3H3,(H,14,16). The van der Waals surface area contributed by atoms with Crippen molar-refractivity contribution in [3.05, 3.63) is 0 Å². The van der Waals surface area contributed by atoms with Crippen LogP contribution in [0.3, 0.4) is 0 Å². The molecule has 0 spiro atoms. The Labute approximate surface area is 119 Å². The van der Waals surface area contributed by atoms with E-state index in [9.17, 15) is 18.0 Å². The van der Waals surface area contributed by atoms with E-state index in [0.29, 0.717) is 0 Å². The third kappa shape index (κ3) is 2.97. The van der Waals surface area contributed by atoms with Gasteiger partial charge in [-0.05, 0) is 39.5 Å². The van der Waals surface area contributed by atoms with Crippen LogP contribution in [0.4, 0.5) is 0 Å². The number of carbonyl (C=O) groups excluding carboxylic acids is 2.